The first-order valence-corrected chi connectivity index (χ1v) is 9.46. The third-order valence-electron chi connectivity index (χ3n) is 4.04. The van der Waals surface area contributed by atoms with Gasteiger partial charge in [-0.05, 0) is 24.6 Å². The van der Waals surface area contributed by atoms with E-state index in [2.05, 4.69) is 15.4 Å². The zero-order chi connectivity index (χ0) is 18.6. The molecule has 0 saturated carbocycles. The summed E-state index contributed by atoms with van der Waals surface area (Å²) in [7, 11) is 0. The quantitative estimate of drug-likeness (QED) is 0.453. The molecule has 5 nitrogen and oxygen atoms in total. The second-order valence-electron chi connectivity index (χ2n) is 6.08. The molecule has 0 atom stereocenters. The van der Waals surface area contributed by atoms with Gasteiger partial charge in [0.2, 0.25) is 0 Å². The van der Waals surface area contributed by atoms with E-state index in [0.717, 1.165) is 17.0 Å². The zero-order valence-corrected chi connectivity index (χ0v) is 15.5. The Hall–Kier alpha value is -2.93. The summed E-state index contributed by atoms with van der Waals surface area (Å²) in [6.07, 6.45) is 0. The Morgan fingerprint density at radius 3 is 2.56 bits per heavy atom. The maximum absolute atomic E-state index is 14.3. The smallest absolute Gasteiger partial charge is 0.192 e. The molecule has 2 aromatic carbocycles. The van der Waals surface area contributed by atoms with Crippen LogP contribution in [-0.2, 0) is 12.3 Å². The van der Waals surface area contributed by atoms with Crippen LogP contribution in [0.1, 0.15) is 17.0 Å². The lowest BCUT2D eigenvalue weighted by Gasteiger charge is -2.10. The highest BCUT2D eigenvalue weighted by Crippen LogP contribution is 2.28. The Labute approximate surface area is 160 Å². The first-order valence-electron chi connectivity index (χ1n) is 8.48. The van der Waals surface area contributed by atoms with Gasteiger partial charge in [-0.25, -0.2) is 4.39 Å². The van der Waals surface area contributed by atoms with Gasteiger partial charge in [-0.15, -0.1) is 10.2 Å². The number of nitrogens with zero attached hydrogens (tertiary/aromatic N) is 4. The molecule has 27 heavy (non-hydrogen) atoms. The molecule has 0 aliphatic rings. The number of rotatable bonds is 6. The summed E-state index contributed by atoms with van der Waals surface area (Å²) in [5, 5.41) is 13.3. The number of aromatic nitrogens is 4. The lowest BCUT2D eigenvalue weighted by molar-refractivity contribution is 0.393. The summed E-state index contributed by atoms with van der Waals surface area (Å²) in [4.78, 5) is 0. The molecular formula is C20H17FN4OS. The third-order valence-corrected chi connectivity index (χ3v) is 5.04. The van der Waals surface area contributed by atoms with E-state index in [1.54, 1.807) is 18.2 Å². The summed E-state index contributed by atoms with van der Waals surface area (Å²) in [6, 6.07) is 18.5. The van der Waals surface area contributed by atoms with Gasteiger partial charge in [-0.1, -0.05) is 59.4 Å². The standard InChI is InChI=1S/C20H17FN4OS/c1-14-11-16(24-26-14)13-27-20-23-22-19(17-9-5-6-10-18(17)21)25(20)12-15-7-3-2-4-8-15/h2-11H,12-13H2,1H3. The van der Waals surface area contributed by atoms with Gasteiger partial charge in [0, 0.05) is 11.8 Å². The molecule has 0 amide bonds. The Morgan fingerprint density at radius 1 is 1.04 bits per heavy atom. The van der Waals surface area contributed by atoms with Crippen LogP contribution in [-0.4, -0.2) is 19.9 Å². The van der Waals surface area contributed by atoms with Gasteiger partial charge in [0.15, 0.2) is 11.0 Å². The van der Waals surface area contributed by atoms with Crippen LogP contribution in [0.2, 0.25) is 0 Å². The van der Waals surface area contributed by atoms with E-state index < -0.39 is 0 Å². The fourth-order valence-corrected chi connectivity index (χ4v) is 3.59. The average Bonchev–Trinajstić information content (AvgIpc) is 3.27. The van der Waals surface area contributed by atoms with Crippen LogP contribution in [0.3, 0.4) is 0 Å². The van der Waals surface area contributed by atoms with E-state index in [1.807, 2.05) is 47.9 Å². The van der Waals surface area contributed by atoms with E-state index in [9.17, 15) is 4.39 Å². The van der Waals surface area contributed by atoms with Crippen LogP contribution < -0.4 is 0 Å². The average molecular weight is 380 g/mol. The maximum atomic E-state index is 14.3. The predicted molar refractivity (Wildman–Crippen MR) is 102 cm³/mol. The van der Waals surface area contributed by atoms with Crippen LogP contribution in [0, 0.1) is 12.7 Å². The minimum Gasteiger partial charge on any atom is -0.361 e. The largest absolute Gasteiger partial charge is 0.361 e. The molecule has 2 aromatic heterocycles. The second-order valence-corrected chi connectivity index (χ2v) is 7.02. The molecular weight excluding hydrogens is 363 g/mol. The highest BCUT2D eigenvalue weighted by Gasteiger charge is 2.18. The third kappa shape index (κ3) is 3.93. The van der Waals surface area contributed by atoms with Crippen LogP contribution in [0.15, 0.2) is 70.3 Å². The zero-order valence-electron chi connectivity index (χ0n) is 14.7. The second kappa shape index (κ2) is 7.75. The number of benzene rings is 2. The van der Waals surface area contributed by atoms with Crippen molar-refractivity contribution in [3.63, 3.8) is 0 Å². The summed E-state index contributed by atoms with van der Waals surface area (Å²) in [5.41, 5.74) is 2.36. The Kier molecular flexibility index (Phi) is 5.02. The number of hydrogen-bond acceptors (Lipinski definition) is 5. The van der Waals surface area contributed by atoms with Crippen LogP contribution in [0.5, 0.6) is 0 Å². The van der Waals surface area contributed by atoms with E-state index >= 15 is 0 Å². The van der Waals surface area contributed by atoms with Crippen LogP contribution in [0.25, 0.3) is 11.4 Å². The highest BCUT2D eigenvalue weighted by molar-refractivity contribution is 7.98. The van der Waals surface area contributed by atoms with Gasteiger partial charge in [-0.2, -0.15) is 0 Å². The monoisotopic (exact) mass is 380 g/mol. The minimum atomic E-state index is -0.317. The van der Waals surface area contributed by atoms with Gasteiger partial charge in [0.1, 0.15) is 11.6 Å². The molecule has 136 valence electrons. The SMILES string of the molecule is Cc1cc(CSc2nnc(-c3ccccc3F)n2Cc2ccccc2)no1. The number of thioether (sulfide) groups is 1. The number of hydrogen-bond donors (Lipinski definition) is 0. The summed E-state index contributed by atoms with van der Waals surface area (Å²) in [5.74, 6) is 1.56. The van der Waals surface area contributed by atoms with Gasteiger partial charge >= 0.3 is 0 Å². The first kappa shape index (κ1) is 17.5. The lowest BCUT2D eigenvalue weighted by atomic mass is 10.2. The van der Waals surface area contributed by atoms with Crippen molar-refractivity contribution in [1.29, 1.82) is 0 Å². The normalized spacial score (nSPS) is 11.0. The molecule has 0 aliphatic carbocycles. The van der Waals surface area contributed by atoms with Gasteiger partial charge in [0.05, 0.1) is 17.8 Å². The Bertz CT molecular complexity index is 1050. The Balaban J connectivity index is 1.69. The van der Waals surface area contributed by atoms with E-state index in [-0.39, 0.29) is 5.82 Å². The fraction of sp³-hybridized carbons (Fsp3) is 0.150. The van der Waals surface area contributed by atoms with Crippen molar-refractivity contribution in [3.8, 4) is 11.4 Å². The van der Waals surface area contributed by atoms with Gasteiger partial charge in [0.25, 0.3) is 0 Å². The molecule has 0 radical (unpaired) electrons. The van der Waals surface area contributed by atoms with E-state index in [1.165, 1.54) is 17.8 Å². The Morgan fingerprint density at radius 2 is 1.81 bits per heavy atom. The molecule has 0 bridgehead atoms. The van der Waals surface area contributed by atoms with Crippen molar-refractivity contribution in [2.45, 2.75) is 24.4 Å². The topological polar surface area (TPSA) is 56.7 Å². The highest BCUT2D eigenvalue weighted by atomic mass is 32.2. The number of halogens is 1. The van der Waals surface area contributed by atoms with Gasteiger partial charge in [-0.3, -0.25) is 4.57 Å². The van der Waals surface area contributed by atoms with E-state index in [0.29, 0.717) is 28.8 Å². The van der Waals surface area contributed by atoms with Crippen molar-refractivity contribution in [2.24, 2.45) is 0 Å². The molecule has 4 aromatic rings. The molecule has 0 spiro atoms. The van der Waals surface area contributed by atoms with Crippen molar-refractivity contribution in [1.82, 2.24) is 19.9 Å². The van der Waals surface area contributed by atoms with E-state index in [4.69, 9.17) is 4.52 Å². The van der Waals surface area contributed by atoms with Crippen molar-refractivity contribution in [3.05, 3.63) is 83.5 Å². The first-order chi connectivity index (χ1) is 13.2. The summed E-state index contributed by atoms with van der Waals surface area (Å²) in [6.45, 7) is 2.41. The summed E-state index contributed by atoms with van der Waals surface area (Å²) < 4.78 is 21.4. The van der Waals surface area contributed by atoms with Crippen molar-refractivity contribution in [2.75, 3.05) is 0 Å². The number of aryl methyl sites for hydroxylation is 1. The minimum absolute atomic E-state index is 0.317. The predicted octanol–water partition coefficient (Wildman–Crippen LogP) is 4.72. The molecule has 2 heterocycles. The van der Waals surface area contributed by atoms with Gasteiger partial charge < -0.3 is 4.52 Å². The summed E-state index contributed by atoms with van der Waals surface area (Å²) >= 11 is 1.50. The molecule has 0 aliphatic heterocycles. The van der Waals surface area contributed by atoms with Crippen molar-refractivity contribution >= 4 is 11.8 Å². The molecule has 0 unspecified atom stereocenters. The molecule has 4 rings (SSSR count). The maximum Gasteiger partial charge on any atom is 0.192 e. The van der Waals surface area contributed by atoms with Crippen LogP contribution in [0.4, 0.5) is 4.39 Å². The fourth-order valence-electron chi connectivity index (χ4n) is 2.77. The molecule has 0 fully saturated rings. The molecule has 7 heteroatoms. The molecule has 0 N–H and O–H groups in total. The van der Waals surface area contributed by atoms with Crippen molar-refractivity contribution < 1.29 is 8.91 Å². The van der Waals surface area contributed by atoms with Crippen LogP contribution >= 0.6 is 11.8 Å². The lowest BCUT2D eigenvalue weighted by Crippen LogP contribution is -2.05. The molecule has 0 saturated heterocycles.